The van der Waals surface area contributed by atoms with Crippen LogP contribution in [0.25, 0.3) is 0 Å². The van der Waals surface area contributed by atoms with Gasteiger partial charge in [-0.15, -0.1) is 0 Å². The molecule has 2 heteroatoms. The second-order valence-corrected chi connectivity index (χ2v) is 4.50. The molecule has 0 spiro atoms. The molecule has 0 aromatic carbocycles. The van der Waals surface area contributed by atoms with E-state index in [1.165, 1.54) is 19.3 Å². The number of hydrogen-bond donors (Lipinski definition) is 2. The fourth-order valence-electron chi connectivity index (χ4n) is 2.07. The number of hydrogen-bond acceptors (Lipinski definition) is 1. The van der Waals surface area contributed by atoms with E-state index in [1.807, 2.05) is 0 Å². The van der Waals surface area contributed by atoms with E-state index in [-0.39, 0.29) is 0 Å². The van der Waals surface area contributed by atoms with Gasteiger partial charge in [-0.1, -0.05) is 13.8 Å². The van der Waals surface area contributed by atoms with Crippen LogP contribution in [0, 0.1) is 16.7 Å². The van der Waals surface area contributed by atoms with Crippen molar-refractivity contribution in [3.8, 4) is 0 Å². The Morgan fingerprint density at radius 3 is 2.64 bits per heavy atom. The van der Waals surface area contributed by atoms with Crippen molar-refractivity contribution in [3.05, 3.63) is 0 Å². The Morgan fingerprint density at radius 1 is 1.64 bits per heavy atom. The lowest BCUT2D eigenvalue weighted by atomic mass is 9.90. The lowest BCUT2D eigenvalue weighted by Crippen LogP contribution is -2.14. The van der Waals surface area contributed by atoms with Crippen molar-refractivity contribution in [2.24, 2.45) is 17.1 Å². The van der Waals surface area contributed by atoms with Gasteiger partial charge in [0.05, 0.1) is 5.84 Å². The maximum atomic E-state index is 7.17. The molecular weight excluding hydrogens is 136 g/mol. The first-order valence-electron chi connectivity index (χ1n) is 4.32. The van der Waals surface area contributed by atoms with E-state index in [2.05, 4.69) is 13.8 Å². The molecule has 0 radical (unpaired) electrons. The third-order valence-corrected chi connectivity index (χ3v) is 2.58. The van der Waals surface area contributed by atoms with Crippen LogP contribution in [0.3, 0.4) is 0 Å². The van der Waals surface area contributed by atoms with E-state index in [0.29, 0.717) is 17.2 Å². The van der Waals surface area contributed by atoms with Crippen molar-refractivity contribution in [2.75, 3.05) is 0 Å². The molecule has 1 aliphatic rings. The van der Waals surface area contributed by atoms with Gasteiger partial charge in [-0.3, -0.25) is 5.41 Å². The van der Waals surface area contributed by atoms with Gasteiger partial charge >= 0.3 is 0 Å². The Kier molecular flexibility index (Phi) is 2.21. The highest BCUT2D eigenvalue weighted by molar-refractivity contribution is 5.77. The third kappa shape index (κ3) is 2.52. The smallest absolute Gasteiger partial charge is 0.0908 e. The second-order valence-electron chi connectivity index (χ2n) is 4.50. The van der Waals surface area contributed by atoms with E-state index < -0.39 is 0 Å². The molecule has 0 aromatic rings. The lowest BCUT2D eigenvalue weighted by Gasteiger charge is -2.16. The first-order valence-corrected chi connectivity index (χ1v) is 4.32. The molecule has 3 N–H and O–H groups in total. The van der Waals surface area contributed by atoms with E-state index in [0.717, 1.165) is 6.42 Å². The Labute approximate surface area is 68.7 Å². The van der Waals surface area contributed by atoms with Gasteiger partial charge in [0.2, 0.25) is 0 Å². The van der Waals surface area contributed by atoms with Gasteiger partial charge in [0, 0.05) is 6.42 Å². The monoisotopic (exact) mass is 154 g/mol. The molecule has 0 aliphatic heterocycles. The van der Waals surface area contributed by atoms with Gasteiger partial charge in [-0.2, -0.15) is 0 Å². The number of nitrogens with one attached hydrogen (secondary N) is 1. The third-order valence-electron chi connectivity index (χ3n) is 2.58. The highest BCUT2D eigenvalue weighted by atomic mass is 14.7. The maximum Gasteiger partial charge on any atom is 0.0908 e. The van der Waals surface area contributed by atoms with Crippen LogP contribution in [0.4, 0.5) is 0 Å². The average molecular weight is 154 g/mol. The zero-order valence-electron chi connectivity index (χ0n) is 7.48. The Morgan fingerprint density at radius 2 is 2.27 bits per heavy atom. The van der Waals surface area contributed by atoms with Gasteiger partial charge in [0.1, 0.15) is 0 Å². The Bertz CT molecular complexity index is 161. The van der Waals surface area contributed by atoms with Crippen molar-refractivity contribution in [1.82, 2.24) is 0 Å². The van der Waals surface area contributed by atoms with Crippen molar-refractivity contribution < 1.29 is 0 Å². The van der Waals surface area contributed by atoms with Crippen LogP contribution in [0.5, 0.6) is 0 Å². The molecule has 1 saturated carbocycles. The molecule has 0 saturated heterocycles. The quantitative estimate of drug-likeness (QED) is 0.464. The van der Waals surface area contributed by atoms with Crippen molar-refractivity contribution in [3.63, 3.8) is 0 Å². The minimum atomic E-state index is 0.354. The molecule has 1 rings (SSSR count). The van der Waals surface area contributed by atoms with Crippen molar-refractivity contribution in [2.45, 2.75) is 39.5 Å². The van der Waals surface area contributed by atoms with Crippen LogP contribution in [0.15, 0.2) is 0 Å². The SMILES string of the molecule is CC1(C)CCC(CC(=N)N)C1. The number of nitrogens with two attached hydrogens (primary N) is 1. The summed E-state index contributed by atoms with van der Waals surface area (Å²) in [6, 6.07) is 0. The highest BCUT2D eigenvalue weighted by Gasteiger charge is 2.30. The topological polar surface area (TPSA) is 49.9 Å². The number of amidine groups is 1. The molecule has 0 bridgehead atoms. The van der Waals surface area contributed by atoms with Crippen molar-refractivity contribution >= 4 is 5.84 Å². The van der Waals surface area contributed by atoms with Crippen molar-refractivity contribution in [1.29, 1.82) is 5.41 Å². The first kappa shape index (κ1) is 8.57. The summed E-state index contributed by atoms with van der Waals surface area (Å²) in [4.78, 5) is 0. The van der Waals surface area contributed by atoms with Crippen LogP contribution >= 0.6 is 0 Å². The largest absolute Gasteiger partial charge is 0.388 e. The zero-order chi connectivity index (χ0) is 8.48. The molecule has 1 atom stereocenters. The molecule has 0 amide bonds. The summed E-state index contributed by atoms with van der Waals surface area (Å²) >= 11 is 0. The number of rotatable bonds is 2. The second kappa shape index (κ2) is 2.84. The molecule has 0 heterocycles. The van der Waals surface area contributed by atoms with Crippen LogP contribution in [-0.2, 0) is 0 Å². The summed E-state index contributed by atoms with van der Waals surface area (Å²) in [7, 11) is 0. The molecule has 0 aromatic heterocycles. The van der Waals surface area contributed by atoms with E-state index in [4.69, 9.17) is 11.1 Å². The van der Waals surface area contributed by atoms with E-state index >= 15 is 0 Å². The highest BCUT2D eigenvalue weighted by Crippen LogP contribution is 2.41. The normalized spacial score (nSPS) is 28.7. The minimum Gasteiger partial charge on any atom is -0.388 e. The summed E-state index contributed by atoms with van der Waals surface area (Å²) in [5.41, 5.74) is 5.84. The summed E-state index contributed by atoms with van der Waals surface area (Å²) < 4.78 is 0. The summed E-state index contributed by atoms with van der Waals surface area (Å²) in [6.45, 7) is 4.60. The zero-order valence-corrected chi connectivity index (χ0v) is 7.48. The summed E-state index contributed by atoms with van der Waals surface area (Å²) in [5.74, 6) is 1.04. The molecule has 2 nitrogen and oxygen atoms in total. The first-order chi connectivity index (χ1) is 4.99. The van der Waals surface area contributed by atoms with Gasteiger partial charge < -0.3 is 5.73 Å². The standard InChI is InChI=1S/C9H18N2/c1-9(2)4-3-7(6-9)5-8(10)11/h7H,3-6H2,1-2H3,(H3,10,11). The Balaban J connectivity index is 2.36. The minimum absolute atomic E-state index is 0.354. The molecule has 64 valence electrons. The van der Waals surface area contributed by atoms with Gasteiger partial charge in [-0.05, 0) is 30.6 Å². The summed E-state index contributed by atoms with van der Waals surface area (Å²) in [5, 5.41) is 7.17. The average Bonchev–Trinajstić information content (AvgIpc) is 2.08. The van der Waals surface area contributed by atoms with Crippen LogP contribution in [0.2, 0.25) is 0 Å². The van der Waals surface area contributed by atoms with E-state index in [9.17, 15) is 0 Å². The predicted molar refractivity (Wildman–Crippen MR) is 47.7 cm³/mol. The van der Waals surface area contributed by atoms with Crippen LogP contribution in [-0.4, -0.2) is 5.84 Å². The molecule has 1 unspecified atom stereocenters. The molecule has 1 fully saturated rings. The van der Waals surface area contributed by atoms with Crippen LogP contribution in [0.1, 0.15) is 39.5 Å². The van der Waals surface area contributed by atoms with E-state index in [1.54, 1.807) is 0 Å². The van der Waals surface area contributed by atoms with Gasteiger partial charge in [-0.25, -0.2) is 0 Å². The maximum absolute atomic E-state index is 7.17. The lowest BCUT2D eigenvalue weighted by molar-refractivity contribution is 0.362. The van der Waals surface area contributed by atoms with Crippen LogP contribution < -0.4 is 5.73 Å². The van der Waals surface area contributed by atoms with Gasteiger partial charge in [0.25, 0.3) is 0 Å². The predicted octanol–water partition coefficient (Wildman–Crippen LogP) is 2.14. The fraction of sp³-hybridized carbons (Fsp3) is 0.889. The molecule has 11 heavy (non-hydrogen) atoms. The molecular formula is C9H18N2. The summed E-state index contributed by atoms with van der Waals surface area (Å²) in [6.07, 6.45) is 4.60. The van der Waals surface area contributed by atoms with Gasteiger partial charge in [0.15, 0.2) is 0 Å². The fourth-order valence-corrected chi connectivity index (χ4v) is 2.07. The Hall–Kier alpha value is -0.530. The molecule has 1 aliphatic carbocycles.